The molecule has 0 unspecified atom stereocenters. The predicted octanol–water partition coefficient (Wildman–Crippen LogP) is 6.95. The molecule has 182 valence electrons. The average Bonchev–Trinajstić information content (AvgIpc) is 2.90. The van der Waals surface area contributed by atoms with Gasteiger partial charge in [-0.2, -0.15) is 0 Å². The smallest absolute Gasteiger partial charge is 0.229 e. The molecule has 0 bridgehead atoms. The number of hydrogen-bond donors (Lipinski definition) is 0. The lowest BCUT2D eigenvalue weighted by molar-refractivity contribution is -0.117. The van der Waals surface area contributed by atoms with E-state index in [1.165, 1.54) is 0 Å². The van der Waals surface area contributed by atoms with Crippen molar-refractivity contribution in [1.82, 2.24) is 4.98 Å². The van der Waals surface area contributed by atoms with Crippen LogP contribution in [0.3, 0.4) is 0 Å². The molecule has 4 aromatic rings. The summed E-state index contributed by atoms with van der Waals surface area (Å²) in [6.07, 6.45) is 3.05. The summed E-state index contributed by atoms with van der Waals surface area (Å²) in [6.45, 7) is 7.96. The lowest BCUT2D eigenvalue weighted by atomic mass is 10.0. The van der Waals surface area contributed by atoms with E-state index in [0.717, 1.165) is 16.9 Å². The number of Topliss-reactive ketones (excluding diaryl/α,β-unsaturated/α-hetero) is 1. The maximum Gasteiger partial charge on any atom is 0.229 e. The number of benzene rings is 3. The summed E-state index contributed by atoms with van der Waals surface area (Å²) in [4.78, 5) is 20.5. The highest BCUT2D eigenvalue weighted by molar-refractivity contribution is 6.17. The number of carbonyl (C=O) groups excluding carboxylic acids is 1. The van der Waals surface area contributed by atoms with E-state index < -0.39 is 0 Å². The van der Waals surface area contributed by atoms with Crippen molar-refractivity contribution in [2.75, 3.05) is 19.6 Å². The molecule has 3 aromatic carbocycles. The number of alkyl halides is 1. The maximum absolute atomic E-state index is 12.5. The van der Waals surface area contributed by atoms with Gasteiger partial charge in [0.2, 0.25) is 5.69 Å². The third-order valence-electron chi connectivity index (χ3n) is 5.55. The molecular weight excluding hydrogens is 476 g/mol. The van der Waals surface area contributed by atoms with Crippen LogP contribution in [0, 0.1) is 6.57 Å². The molecule has 1 aromatic heterocycles. The van der Waals surface area contributed by atoms with E-state index in [2.05, 4.69) is 9.83 Å². The zero-order valence-corrected chi connectivity index (χ0v) is 20.6. The number of rotatable bonds is 11. The first-order valence-corrected chi connectivity index (χ1v) is 12.0. The monoisotopic (exact) mass is 500 g/mol. The van der Waals surface area contributed by atoms with E-state index in [0.29, 0.717) is 65.6 Å². The number of hydrogen-bond acceptors (Lipinski definition) is 5. The fourth-order valence-corrected chi connectivity index (χ4v) is 3.84. The van der Waals surface area contributed by atoms with Crippen LogP contribution in [-0.4, -0.2) is 30.4 Å². The average molecular weight is 501 g/mol. The van der Waals surface area contributed by atoms with Gasteiger partial charge in [-0.3, -0.25) is 9.78 Å². The molecule has 6 nitrogen and oxygen atoms in total. The van der Waals surface area contributed by atoms with Crippen LogP contribution in [0.15, 0.2) is 72.9 Å². The highest BCUT2D eigenvalue weighted by atomic mass is 35.5. The van der Waals surface area contributed by atoms with Crippen molar-refractivity contribution in [1.29, 1.82) is 0 Å². The molecule has 0 spiro atoms. The molecule has 0 amide bonds. The lowest BCUT2D eigenvalue weighted by Crippen LogP contribution is -2.06. The second kappa shape index (κ2) is 12.1. The second-order valence-electron chi connectivity index (χ2n) is 8.14. The summed E-state index contributed by atoms with van der Waals surface area (Å²) in [7, 11) is 1.62. The molecule has 36 heavy (non-hydrogen) atoms. The van der Waals surface area contributed by atoms with Gasteiger partial charge in [-0.15, -0.1) is 11.6 Å². The first-order valence-electron chi connectivity index (χ1n) is 11.5. The number of ether oxygens (including phenoxy) is 3. The van der Waals surface area contributed by atoms with Gasteiger partial charge in [0, 0.05) is 30.3 Å². The van der Waals surface area contributed by atoms with Crippen LogP contribution in [0.25, 0.3) is 15.7 Å². The zero-order chi connectivity index (χ0) is 25.3. The Balaban J connectivity index is 1.44. The van der Waals surface area contributed by atoms with Crippen molar-refractivity contribution < 1.29 is 19.0 Å². The molecule has 0 aliphatic carbocycles. The van der Waals surface area contributed by atoms with Gasteiger partial charge in [0.15, 0.2) is 0 Å². The Morgan fingerprint density at radius 3 is 2.22 bits per heavy atom. The number of carbonyl (C=O) groups is 1. The van der Waals surface area contributed by atoms with Crippen LogP contribution >= 0.6 is 11.6 Å². The van der Waals surface area contributed by atoms with Crippen molar-refractivity contribution in [2.24, 2.45) is 0 Å². The van der Waals surface area contributed by atoms with Gasteiger partial charge in [-0.25, -0.2) is 4.85 Å². The third kappa shape index (κ3) is 6.32. The summed E-state index contributed by atoms with van der Waals surface area (Å²) < 4.78 is 17.0. The van der Waals surface area contributed by atoms with Gasteiger partial charge in [0.25, 0.3) is 0 Å². The second-order valence-corrected chi connectivity index (χ2v) is 8.51. The van der Waals surface area contributed by atoms with E-state index in [9.17, 15) is 4.79 Å². The Bertz CT molecular complexity index is 1380. The van der Waals surface area contributed by atoms with Crippen molar-refractivity contribution >= 4 is 34.0 Å². The summed E-state index contributed by atoms with van der Waals surface area (Å²) in [5, 5.41) is 0.715. The van der Waals surface area contributed by atoms with Crippen LogP contribution in [0.1, 0.15) is 17.5 Å². The standard InChI is InChI=1S/C29H25ClN2O4/c1-31-27-18-25-26(19-29(27)35-15-3-13-30)32-14-12-28(25)36-24-10-6-21(7-11-24)17-22(33)16-20-4-8-23(34-2)9-5-20/h4-12,14,18-19H,3,13,15-17H2,2H3. The fourth-order valence-electron chi connectivity index (χ4n) is 3.73. The van der Waals surface area contributed by atoms with Crippen LogP contribution in [0.5, 0.6) is 23.0 Å². The largest absolute Gasteiger partial charge is 0.504 e. The molecule has 0 fully saturated rings. The zero-order valence-electron chi connectivity index (χ0n) is 19.9. The Labute approximate surface area is 215 Å². The first-order chi connectivity index (χ1) is 17.6. The van der Waals surface area contributed by atoms with Crippen molar-refractivity contribution in [3.8, 4) is 23.0 Å². The maximum atomic E-state index is 12.5. The number of aromatic nitrogens is 1. The Hall–Kier alpha value is -4.08. The van der Waals surface area contributed by atoms with E-state index in [-0.39, 0.29) is 5.78 Å². The molecule has 0 saturated heterocycles. The highest BCUT2D eigenvalue weighted by Gasteiger charge is 2.12. The van der Waals surface area contributed by atoms with Gasteiger partial charge in [-0.1, -0.05) is 24.3 Å². The molecule has 0 radical (unpaired) electrons. The van der Waals surface area contributed by atoms with Crippen LogP contribution in [0.4, 0.5) is 5.69 Å². The van der Waals surface area contributed by atoms with Gasteiger partial charge in [-0.05, 0) is 60.0 Å². The SMILES string of the molecule is [C-]#[N+]c1cc2c(Oc3ccc(CC(=O)Cc4ccc(OC)cc4)cc3)ccnc2cc1OCCCCl. The van der Waals surface area contributed by atoms with Crippen molar-refractivity contribution in [2.45, 2.75) is 19.3 Å². The minimum absolute atomic E-state index is 0.129. The van der Waals surface area contributed by atoms with E-state index in [1.807, 2.05) is 48.5 Å². The quantitative estimate of drug-likeness (QED) is 0.127. The molecule has 0 atom stereocenters. The topological polar surface area (TPSA) is 62.0 Å². The molecule has 4 rings (SSSR count). The molecule has 1 heterocycles. The van der Waals surface area contributed by atoms with Crippen LogP contribution < -0.4 is 14.2 Å². The summed E-state index contributed by atoms with van der Waals surface area (Å²) in [5.41, 5.74) is 2.92. The highest BCUT2D eigenvalue weighted by Crippen LogP contribution is 2.37. The predicted molar refractivity (Wildman–Crippen MR) is 141 cm³/mol. The van der Waals surface area contributed by atoms with Crippen LogP contribution in [-0.2, 0) is 17.6 Å². The number of nitrogens with zero attached hydrogens (tertiary/aromatic N) is 2. The Kier molecular flexibility index (Phi) is 8.38. The Morgan fingerprint density at radius 2 is 1.61 bits per heavy atom. The summed E-state index contributed by atoms with van der Waals surface area (Å²) >= 11 is 5.72. The molecular formula is C29H25ClN2O4. The van der Waals surface area contributed by atoms with Gasteiger partial charge in [0.1, 0.15) is 28.8 Å². The number of methoxy groups -OCH3 is 1. The molecule has 7 heteroatoms. The minimum Gasteiger partial charge on any atom is -0.504 e. The number of pyridine rings is 1. The van der Waals surface area contributed by atoms with E-state index in [4.69, 9.17) is 32.4 Å². The first kappa shape index (κ1) is 25.0. The van der Waals surface area contributed by atoms with Crippen LogP contribution in [0.2, 0.25) is 0 Å². The van der Waals surface area contributed by atoms with Crippen molar-refractivity contribution in [3.05, 3.63) is 95.5 Å². The molecule has 0 N–H and O–H groups in total. The van der Waals surface area contributed by atoms with E-state index in [1.54, 1.807) is 31.5 Å². The number of ketones is 1. The van der Waals surface area contributed by atoms with E-state index >= 15 is 0 Å². The lowest BCUT2D eigenvalue weighted by Gasteiger charge is -2.12. The third-order valence-corrected chi connectivity index (χ3v) is 5.82. The fraction of sp³-hybridized carbons (Fsp3) is 0.207. The molecule has 0 saturated carbocycles. The normalized spacial score (nSPS) is 10.6. The van der Waals surface area contributed by atoms with Gasteiger partial charge >= 0.3 is 0 Å². The molecule has 0 aliphatic heterocycles. The van der Waals surface area contributed by atoms with Gasteiger partial charge < -0.3 is 14.2 Å². The summed E-state index contributed by atoms with van der Waals surface area (Å²) in [6, 6.07) is 20.2. The number of fused-ring (bicyclic) bond motifs is 1. The summed E-state index contributed by atoms with van der Waals surface area (Å²) in [5.74, 6) is 3.08. The van der Waals surface area contributed by atoms with Gasteiger partial charge in [0.05, 0.1) is 25.8 Å². The molecule has 0 aliphatic rings. The minimum atomic E-state index is 0.129. The Morgan fingerprint density at radius 1 is 0.944 bits per heavy atom. The van der Waals surface area contributed by atoms with Crippen molar-refractivity contribution in [3.63, 3.8) is 0 Å². The number of halogens is 1.